The highest BCUT2D eigenvalue weighted by molar-refractivity contribution is 7.89. The molecular formula is C15H23NO3S. The fourth-order valence-corrected chi connectivity index (χ4v) is 3.59. The zero-order valence-corrected chi connectivity index (χ0v) is 13.0. The summed E-state index contributed by atoms with van der Waals surface area (Å²) in [6.45, 7) is 5.66. The minimum Gasteiger partial charge on any atom is -0.493 e. The van der Waals surface area contributed by atoms with E-state index in [1.807, 2.05) is 31.2 Å². The summed E-state index contributed by atoms with van der Waals surface area (Å²) in [7, 11) is -3.02. The lowest BCUT2D eigenvalue weighted by Gasteiger charge is -2.30. The number of hydrogen-bond acceptors (Lipinski definition) is 3. The molecule has 0 N–H and O–H groups in total. The van der Waals surface area contributed by atoms with Gasteiger partial charge in [-0.1, -0.05) is 12.1 Å². The van der Waals surface area contributed by atoms with E-state index in [-0.39, 0.29) is 5.75 Å². The summed E-state index contributed by atoms with van der Waals surface area (Å²) in [4.78, 5) is 0. The van der Waals surface area contributed by atoms with E-state index in [4.69, 9.17) is 4.74 Å². The highest BCUT2D eigenvalue weighted by atomic mass is 32.2. The van der Waals surface area contributed by atoms with Crippen LogP contribution in [0.15, 0.2) is 24.3 Å². The zero-order valence-electron chi connectivity index (χ0n) is 12.2. The smallest absolute Gasteiger partial charge is 0.213 e. The maximum Gasteiger partial charge on any atom is 0.213 e. The molecule has 1 aliphatic rings. The molecule has 1 heterocycles. The van der Waals surface area contributed by atoms with E-state index in [2.05, 4.69) is 0 Å². The Morgan fingerprint density at radius 3 is 2.60 bits per heavy atom. The van der Waals surface area contributed by atoms with E-state index in [0.717, 1.165) is 18.6 Å². The second-order valence-corrected chi connectivity index (χ2v) is 7.63. The molecule has 0 amide bonds. The Morgan fingerprint density at radius 1 is 1.30 bits per heavy atom. The Hall–Kier alpha value is -1.07. The number of nitrogens with zero attached hydrogens (tertiary/aromatic N) is 1. The molecule has 0 radical (unpaired) electrons. The van der Waals surface area contributed by atoms with Crippen LogP contribution in [0.25, 0.3) is 0 Å². The molecule has 0 atom stereocenters. The summed E-state index contributed by atoms with van der Waals surface area (Å²) in [6, 6.07) is 8.02. The van der Waals surface area contributed by atoms with Crippen LogP contribution in [0.5, 0.6) is 5.75 Å². The molecule has 0 spiro atoms. The van der Waals surface area contributed by atoms with Crippen molar-refractivity contribution in [2.24, 2.45) is 5.92 Å². The van der Waals surface area contributed by atoms with Crippen molar-refractivity contribution in [2.75, 3.05) is 25.4 Å². The molecule has 0 unspecified atom stereocenters. The molecule has 0 saturated carbocycles. The molecule has 112 valence electrons. The minimum absolute atomic E-state index is 0.192. The van der Waals surface area contributed by atoms with Gasteiger partial charge in [-0.2, -0.15) is 0 Å². The summed E-state index contributed by atoms with van der Waals surface area (Å²) in [5.74, 6) is 1.53. The van der Waals surface area contributed by atoms with Crippen molar-refractivity contribution in [2.45, 2.75) is 26.7 Å². The van der Waals surface area contributed by atoms with Gasteiger partial charge in [0.2, 0.25) is 10.0 Å². The van der Waals surface area contributed by atoms with Crippen molar-refractivity contribution in [3.8, 4) is 5.75 Å². The fourth-order valence-electron chi connectivity index (χ4n) is 2.46. The van der Waals surface area contributed by atoms with Gasteiger partial charge in [0.1, 0.15) is 5.75 Å². The first-order valence-electron chi connectivity index (χ1n) is 7.18. The lowest BCUT2D eigenvalue weighted by molar-refractivity contribution is 0.185. The van der Waals surface area contributed by atoms with E-state index >= 15 is 0 Å². The van der Waals surface area contributed by atoms with E-state index in [0.29, 0.717) is 25.6 Å². The van der Waals surface area contributed by atoms with Gasteiger partial charge in [0, 0.05) is 13.1 Å². The van der Waals surface area contributed by atoms with Crippen LogP contribution in [-0.4, -0.2) is 38.2 Å². The molecule has 4 nitrogen and oxygen atoms in total. The Bertz CT molecular complexity index is 534. The third-order valence-electron chi connectivity index (χ3n) is 3.81. The Balaban J connectivity index is 1.80. The Kier molecular flexibility index (Phi) is 5.05. The molecule has 0 bridgehead atoms. The van der Waals surface area contributed by atoms with Gasteiger partial charge in [-0.3, -0.25) is 0 Å². The zero-order chi connectivity index (χ0) is 14.6. The predicted molar refractivity (Wildman–Crippen MR) is 80.4 cm³/mol. The van der Waals surface area contributed by atoms with E-state index < -0.39 is 10.0 Å². The lowest BCUT2D eigenvalue weighted by Crippen LogP contribution is -2.40. The average molecular weight is 297 g/mol. The SMILES string of the molecule is CCS(=O)(=O)N1CCC(COc2cccc(C)c2)CC1. The van der Waals surface area contributed by atoms with Crippen LogP contribution in [-0.2, 0) is 10.0 Å². The highest BCUT2D eigenvalue weighted by Crippen LogP contribution is 2.21. The monoisotopic (exact) mass is 297 g/mol. The van der Waals surface area contributed by atoms with Crippen LogP contribution in [0.1, 0.15) is 25.3 Å². The molecule has 5 heteroatoms. The van der Waals surface area contributed by atoms with Crippen molar-refractivity contribution < 1.29 is 13.2 Å². The number of hydrogen-bond donors (Lipinski definition) is 0. The number of rotatable bonds is 5. The van der Waals surface area contributed by atoms with Gasteiger partial charge in [0.25, 0.3) is 0 Å². The first-order chi connectivity index (χ1) is 9.51. The molecule has 2 rings (SSSR count). The Labute approximate surface area is 121 Å². The largest absolute Gasteiger partial charge is 0.493 e. The predicted octanol–water partition coefficient (Wildman–Crippen LogP) is 2.44. The van der Waals surface area contributed by atoms with Gasteiger partial charge in [0.05, 0.1) is 12.4 Å². The van der Waals surface area contributed by atoms with Gasteiger partial charge in [-0.25, -0.2) is 12.7 Å². The number of benzene rings is 1. The standard InChI is InChI=1S/C15H23NO3S/c1-3-20(17,18)16-9-7-14(8-10-16)12-19-15-6-4-5-13(2)11-15/h4-6,11,14H,3,7-10,12H2,1-2H3. The summed E-state index contributed by atoms with van der Waals surface area (Å²) in [5, 5.41) is 0. The second-order valence-electron chi connectivity index (χ2n) is 5.37. The molecule has 1 saturated heterocycles. The van der Waals surface area contributed by atoms with Crippen LogP contribution < -0.4 is 4.74 Å². The summed E-state index contributed by atoms with van der Waals surface area (Å²) < 4.78 is 31.0. The van der Waals surface area contributed by atoms with Crippen molar-refractivity contribution in [1.29, 1.82) is 0 Å². The van der Waals surface area contributed by atoms with Gasteiger partial charge in [0.15, 0.2) is 0 Å². The molecule has 1 aromatic rings. The van der Waals surface area contributed by atoms with Crippen molar-refractivity contribution >= 4 is 10.0 Å². The third-order valence-corrected chi connectivity index (χ3v) is 5.69. The summed E-state index contributed by atoms with van der Waals surface area (Å²) in [5.41, 5.74) is 1.19. The van der Waals surface area contributed by atoms with Crippen LogP contribution >= 0.6 is 0 Å². The molecule has 0 aromatic heterocycles. The maximum absolute atomic E-state index is 11.8. The van der Waals surface area contributed by atoms with E-state index in [9.17, 15) is 8.42 Å². The quantitative estimate of drug-likeness (QED) is 0.838. The highest BCUT2D eigenvalue weighted by Gasteiger charge is 2.26. The minimum atomic E-state index is -3.02. The molecule has 0 aliphatic carbocycles. The van der Waals surface area contributed by atoms with Crippen LogP contribution in [0, 0.1) is 12.8 Å². The second kappa shape index (κ2) is 6.59. The van der Waals surface area contributed by atoms with Gasteiger partial charge in [-0.15, -0.1) is 0 Å². The molecule has 20 heavy (non-hydrogen) atoms. The molecule has 1 aromatic carbocycles. The maximum atomic E-state index is 11.8. The summed E-state index contributed by atoms with van der Waals surface area (Å²) in [6.07, 6.45) is 1.76. The molecular weight excluding hydrogens is 274 g/mol. The topological polar surface area (TPSA) is 46.6 Å². The number of ether oxygens (including phenoxy) is 1. The van der Waals surface area contributed by atoms with Gasteiger partial charge < -0.3 is 4.74 Å². The summed E-state index contributed by atoms with van der Waals surface area (Å²) >= 11 is 0. The third kappa shape index (κ3) is 3.96. The molecule has 1 fully saturated rings. The van der Waals surface area contributed by atoms with Crippen molar-refractivity contribution in [3.63, 3.8) is 0 Å². The first-order valence-corrected chi connectivity index (χ1v) is 8.79. The normalized spacial score (nSPS) is 18.1. The average Bonchev–Trinajstić information content (AvgIpc) is 2.46. The van der Waals surface area contributed by atoms with Crippen LogP contribution in [0.3, 0.4) is 0 Å². The number of piperidine rings is 1. The molecule has 1 aliphatic heterocycles. The fraction of sp³-hybridized carbons (Fsp3) is 0.600. The lowest BCUT2D eigenvalue weighted by atomic mass is 9.99. The Morgan fingerprint density at radius 2 is 2.00 bits per heavy atom. The van der Waals surface area contributed by atoms with Gasteiger partial charge >= 0.3 is 0 Å². The van der Waals surface area contributed by atoms with E-state index in [1.54, 1.807) is 11.2 Å². The number of sulfonamides is 1. The number of aryl methyl sites for hydroxylation is 1. The first kappa shape index (κ1) is 15.3. The van der Waals surface area contributed by atoms with E-state index in [1.165, 1.54) is 5.56 Å². The van der Waals surface area contributed by atoms with Crippen LogP contribution in [0.2, 0.25) is 0 Å². The van der Waals surface area contributed by atoms with Crippen LogP contribution in [0.4, 0.5) is 0 Å². The van der Waals surface area contributed by atoms with Crippen molar-refractivity contribution in [1.82, 2.24) is 4.31 Å². The van der Waals surface area contributed by atoms with Gasteiger partial charge in [-0.05, 0) is 50.3 Å². The van der Waals surface area contributed by atoms with Crippen molar-refractivity contribution in [3.05, 3.63) is 29.8 Å².